The summed E-state index contributed by atoms with van der Waals surface area (Å²) in [5.41, 5.74) is 3.87. The fraction of sp³-hybridized carbons (Fsp3) is 0.400. The van der Waals surface area contributed by atoms with Gasteiger partial charge in [-0.1, -0.05) is 32.0 Å². The first-order valence-electron chi connectivity index (χ1n) is 11.4. The van der Waals surface area contributed by atoms with Crippen LogP contribution in [0.3, 0.4) is 0 Å². The first-order valence-corrected chi connectivity index (χ1v) is 11.4. The molecule has 7 heteroatoms. The number of pyridine rings is 1. The average Bonchev–Trinajstić information content (AvgIpc) is 2.84. The highest BCUT2D eigenvalue weighted by Crippen LogP contribution is 2.28. The first-order chi connectivity index (χ1) is 15.7. The molecule has 0 aliphatic carbocycles. The summed E-state index contributed by atoms with van der Waals surface area (Å²) in [5.74, 6) is 1.45. The van der Waals surface area contributed by atoms with Gasteiger partial charge in [-0.05, 0) is 31.3 Å². The van der Waals surface area contributed by atoms with Crippen molar-refractivity contribution in [1.29, 1.82) is 0 Å². The van der Waals surface area contributed by atoms with Crippen LogP contribution in [0.25, 0.3) is 11.4 Å². The van der Waals surface area contributed by atoms with Crippen LogP contribution < -0.4 is 5.32 Å². The van der Waals surface area contributed by atoms with Crippen molar-refractivity contribution in [1.82, 2.24) is 24.8 Å². The molecule has 0 amide bonds. The van der Waals surface area contributed by atoms with E-state index in [1.54, 1.807) is 18.5 Å². The van der Waals surface area contributed by atoms with Gasteiger partial charge in [-0.3, -0.25) is 9.88 Å². The molecule has 0 saturated carbocycles. The lowest BCUT2D eigenvalue weighted by atomic mass is 10.0. The lowest BCUT2D eigenvalue weighted by Gasteiger charge is -2.30. The molecule has 168 valence electrons. The second kappa shape index (κ2) is 10.6. The number of hydrogen-bond acceptors (Lipinski definition) is 6. The molecule has 1 aliphatic rings. The van der Waals surface area contributed by atoms with E-state index in [2.05, 4.69) is 33.9 Å². The molecule has 32 heavy (non-hydrogen) atoms. The Morgan fingerprint density at radius 2 is 1.84 bits per heavy atom. The monoisotopic (exact) mass is 434 g/mol. The van der Waals surface area contributed by atoms with Crippen LogP contribution in [-0.4, -0.2) is 57.5 Å². The summed E-state index contributed by atoms with van der Waals surface area (Å²) in [7, 11) is 0. The van der Waals surface area contributed by atoms with Gasteiger partial charge in [-0.25, -0.2) is 14.4 Å². The van der Waals surface area contributed by atoms with Gasteiger partial charge in [0.05, 0.1) is 5.69 Å². The summed E-state index contributed by atoms with van der Waals surface area (Å²) in [6.45, 7) is 10.3. The molecule has 0 atom stereocenters. The second-order valence-corrected chi connectivity index (χ2v) is 8.06. The van der Waals surface area contributed by atoms with Gasteiger partial charge in [0.25, 0.3) is 0 Å². The second-order valence-electron chi connectivity index (χ2n) is 8.06. The van der Waals surface area contributed by atoms with E-state index in [-0.39, 0.29) is 5.82 Å². The lowest BCUT2D eigenvalue weighted by Crippen LogP contribution is -2.33. The summed E-state index contributed by atoms with van der Waals surface area (Å²) in [5, 5.41) is 3.57. The van der Waals surface area contributed by atoms with E-state index >= 15 is 0 Å². The molecule has 0 unspecified atom stereocenters. The maximum absolute atomic E-state index is 14.2. The maximum atomic E-state index is 14.2. The topological polar surface area (TPSA) is 57.2 Å². The molecular weight excluding hydrogens is 403 g/mol. The van der Waals surface area contributed by atoms with Crippen molar-refractivity contribution in [2.75, 3.05) is 38.0 Å². The third kappa shape index (κ3) is 5.29. The van der Waals surface area contributed by atoms with Crippen LogP contribution in [0.15, 0.2) is 48.8 Å². The molecule has 1 N–H and O–H groups in total. The molecule has 2 aromatic heterocycles. The minimum absolute atomic E-state index is 0.153. The molecule has 0 saturated heterocycles. The number of fused-ring (bicyclic) bond motifs is 1. The number of nitrogens with zero attached hydrogens (tertiary/aromatic N) is 5. The number of halogens is 1. The van der Waals surface area contributed by atoms with E-state index in [9.17, 15) is 4.39 Å². The van der Waals surface area contributed by atoms with E-state index in [1.807, 2.05) is 24.3 Å². The van der Waals surface area contributed by atoms with Crippen LogP contribution >= 0.6 is 0 Å². The quantitative estimate of drug-likeness (QED) is 0.550. The van der Waals surface area contributed by atoms with Crippen molar-refractivity contribution >= 4 is 5.82 Å². The Morgan fingerprint density at radius 3 is 2.59 bits per heavy atom. The van der Waals surface area contributed by atoms with Crippen LogP contribution in [0.4, 0.5) is 10.2 Å². The Bertz CT molecular complexity index is 1020. The number of likely N-dealkylation sites (N-methyl/N-ethyl adjacent to an activating group) is 1. The number of anilines is 1. The lowest BCUT2D eigenvalue weighted by molar-refractivity contribution is 0.240. The number of rotatable bonds is 9. The number of benzene rings is 1. The van der Waals surface area contributed by atoms with Crippen LogP contribution in [0.5, 0.6) is 0 Å². The highest BCUT2D eigenvalue weighted by molar-refractivity contribution is 5.59. The third-order valence-corrected chi connectivity index (χ3v) is 6.04. The van der Waals surface area contributed by atoms with E-state index < -0.39 is 0 Å². The summed E-state index contributed by atoms with van der Waals surface area (Å²) in [6, 6.07) is 10.9. The molecule has 1 aliphatic heterocycles. The predicted molar refractivity (Wildman–Crippen MR) is 126 cm³/mol. The minimum atomic E-state index is -0.153. The Kier molecular flexibility index (Phi) is 7.39. The molecule has 1 aromatic carbocycles. The molecule has 0 fully saturated rings. The van der Waals surface area contributed by atoms with Crippen molar-refractivity contribution in [3.8, 4) is 11.4 Å². The Labute approximate surface area is 189 Å². The highest BCUT2D eigenvalue weighted by Gasteiger charge is 2.23. The van der Waals surface area contributed by atoms with Crippen LogP contribution in [-0.2, 0) is 19.5 Å². The molecule has 3 heterocycles. The standard InChI is InChI=1S/C25H31FN6/c1-3-31(4-2)16-14-28-25-21-18-32(17-20-7-5-6-8-22(20)26)15-11-23(21)29-24(30-25)19-9-12-27-13-10-19/h5-10,12-13H,3-4,11,14-18H2,1-2H3,(H,28,29,30). The van der Waals surface area contributed by atoms with Gasteiger partial charge in [0.1, 0.15) is 11.6 Å². The average molecular weight is 435 g/mol. The Balaban J connectivity index is 1.59. The van der Waals surface area contributed by atoms with Crippen LogP contribution in [0.2, 0.25) is 0 Å². The van der Waals surface area contributed by atoms with Gasteiger partial charge in [0, 0.05) is 68.2 Å². The highest BCUT2D eigenvalue weighted by atomic mass is 19.1. The van der Waals surface area contributed by atoms with E-state index in [0.717, 1.165) is 73.2 Å². The molecule has 6 nitrogen and oxygen atoms in total. The normalized spacial score (nSPS) is 13.9. The molecule has 0 bridgehead atoms. The van der Waals surface area contributed by atoms with Gasteiger partial charge < -0.3 is 10.2 Å². The maximum Gasteiger partial charge on any atom is 0.161 e. The van der Waals surface area contributed by atoms with E-state index in [4.69, 9.17) is 9.97 Å². The summed E-state index contributed by atoms with van der Waals surface area (Å²) < 4.78 is 14.2. The van der Waals surface area contributed by atoms with Gasteiger partial charge in [-0.15, -0.1) is 0 Å². The van der Waals surface area contributed by atoms with Crippen molar-refractivity contribution in [3.63, 3.8) is 0 Å². The van der Waals surface area contributed by atoms with E-state index in [0.29, 0.717) is 13.1 Å². The molecule has 4 rings (SSSR count). The minimum Gasteiger partial charge on any atom is -0.368 e. The van der Waals surface area contributed by atoms with Crippen molar-refractivity contribution < 1.29 is 4.39 Å². The number of aromatic nitrogens is 3. The Hall–Kier alpha value is -2.90. The van der Waals surface area contributed by atoms with Gasteiger partial charge in [-0.2, -0.15) is 0 Å². The van der Waals surface area contributed by atoms with Crippen LogP contribution in [0, 0.1) is 5.82 Å². The van der Waals surface area contributed by atoms with Crippen molar-refractivity contribution in [3.05, 3.63) is 71.4 Å². The molecule has 3 aromatic rings. The zero-order valence-corrected chi connectivity index (χ0v) is 18.9. The zero-order valence-electron chi connectivity index (χ0n) is 18.9. The van der Waals surface area contributed by atoms with Crippen molar-refractivity contribution in [2.45, 2.75) is 33.4 Å². The van der Waals surface area contributed by atoms with Crippen molar-refractivity contribution in [2.24, 2.45) is 0 Å². The van der Waals surface area contributed by atoms with Gasteiger partial charge >= 0.3 is 0 Å². The third-order valence-electron chi connectivity index (χ3n) is 6.04. The van der Waals surface area contributed by atoms with E-state index in [1.165, 1.54) is 6.07 Å². The Morgan fingerprint density at radius 1 is 1.06 bits per heavy atom. The zero-order chi connectivity index (χ0) is 22.3. The SMILES string of the molecule is CCN(CC)CCNc1nc(-c2ccncc2)nc2c1CN(Cc1ccccc1F)CC2. The fourth-order valence-electron chi connectivity index (χ4n) is 4.12. The molecule has 0 spiro atoms. The number of hydrogen-bond donors (Lipinski definition) is 1. The summed E-state index contributed by atoms with van der Waals surface area (Å²) >= 11 is 0. The van der Waals surface area contributed by atoms with Gasteiger partial charge in [0.15, 0.2) is 5.82 Å². The molecular formula is C25H31FN6. The predicted octanol–water partition coefficient (Wildman–Crippen LogP) is 3.99. The smallest absolute Gasteiger partial charge is 0.161 e. The fourth-order valence-corrected chi connectivity index (χ4v) is 4.12. The number of nitrogens with one attached hydrogen (secondary N) is 1. The van der Waals surface area contributed by atoms with Crippen LogP contribution in [0.1, 0.15) is 30.7 Å². The first kappa shape index (κ1) is 22.3. The van der Waals surface area contributed by atoms with Gasteiger partial charge in [0.2, 0.25) is 0 Å². The molecule has 0 radical (unpaired) electrons. The summed E-state index contributed by atoms with van der Waals surface area (Å²) in [4.78, 5) is 18.5. The largest absolute Gasteiger partial charge is 0.368 e. The summed E-state index contributed by atoms with van der Waals surface area (Å²) in [6.07, 6.45) is 4.35.